The lowest BCUT2D eigenvalue weighted by Gasteiger charge is -2.16. The molecule has 5 aromatic rings. The number of imidazole rings is 1. The Morgan fingerprint density at radius 1 is 1.00 bits per heavy atom. The van der Waals surface area contributed by atoms with Gasteiger partial charge in [-0.3, -0.25) is 19.3 Å². The Morgan fingerprint density at radius 3 is 2.65 bits per heavy atom. The van der Waals surface area contributed by atoms with Gasteiger partial charge in [-0.1, -0.05) is 59.3 Å². The first-order valence-corrected chi connectivity index (χ1v) is 11.6. The number of nitrogens with one attached hydrogen (secondary N) is 1. The maximum Gasteiger partial charge on any atom is 0.275 e. The zero-order valence-electron chi connectivity index (χ0n) is 17.5. The monoisotopic (exact) mass is 486 g/mol. The van der Waals surface area contributed by atoms with Gasteiger partial charge in [0, 0.05) is 16.3 Å². The number of nitrogens with zero attached hydrogens (tertiary/aromatic N) is 3. The lowest BCUT2D eigenvalue weighted by Crippen LogP contribution is -2.37. The van der Waals surface area contributed by atoms with E-state index in [1.165, 1.54) is 20.6 Å². The molecule has 1 N–H and O–H groups in total. The zero-order chi connectivity index (χ0) is 23.4. The van der Waals surface area contributed by atoms with Crippen molar-refractivity contribution in [2.45, 2.75) is 0 Å². The van der Waals surface area contributed by atoms with E-state index in [0.29, 0.717) is 37.0 Å². The number of fused-ring (bicyclic) bond motifs is 4. The summed E-state index contributed by atoms with van der Waals surface area (Å²) in [6, 6.07) is 21.3. The number of carbonyl (C=O) groups excluding carboxylic acids is 2. The molecule has 7 nitrogen and oxygen atoms in total. The molecule has 0 bridgehead atoms. The number of hydrogen-bond donors (Lipinski definition) is 1. The summed E-state index contributed by atoms with van der Waals surface area (Å²) >= 11 is 7.18. The summed E-state index contributed by atoms with van der Waals surface area (Å²) in [6.07, 6.45) is 0. The number of thiazole rings is 1. The van der Waals surface area contributed by atoms with Crippen LogP contribution in [0, 0.1) is 0 Å². The molecule has 0 saturated heterocycles. The normalized spacial score (nSPS) is 14.7. The van der Waals surface area contributed by atoms with E-state index in [1.54, 1.807) is 48.5 Å². The fourth-order valence-electron chi connectivity index (χ4n) is 4.23. The van der Waals surface area contributed by atoms with Gasteiger partial charge in [-0.15, -0.1) is 0 Å². The Bertz CT molecular complexity index is 1760. The maximum atomic E-state index is 13.5. The summed E-state index contributed by atoms with van der Waals surface area (Å²) in [7, 11) is 0. The number of hydrogen-bond acceptors (Lipinski definition) is 5. The quantitative estimate of drug-likeness (QED) is 0.423. The number of anilines is 2. The van der Waals surface area contributed by atoms with Gasteiger partial charge in [0.2, 0.25) is 5.91 Å². The molecular weight excluding hydrogens is 472 g/mol. The number of benzene rings is 3. The average molecular weight is 487 g/mol. The molecule has 0 unspecified atom stereocenters. The minimum Gasteiger partial charge on any atom is -0.324 e. The van der Waals surface area contributed by atoms with Gasteiger partial charge in [0.1, 0.15) is 11.1 Å². The van der Waals surface area contributed by atoms with Crippen LogP contribution in [0.2, 0.25) is 5.02 Å². The van der Waals surface area contributed by atoms with E-state index in [1.807, 2.05) is 24.3 Å². The topological polar surface area (TPSA) is 83.8 Å². The molecule has 0 atom stereocenters. The number of carbonyl (C=O) groups is 2. The van der Waals surface area contributed by atoms with E-state index in [0.717, 1.165) is 5.52 Å². The molecule has 34 heavy (non-hydrogen) atoms. The Hall–Kier alpha value is -4.01. The molecule has 1 aliphatic rings. The SMILES string of the molecule is O=C(CN1C(=O)/C(=c2/sc3nc4ccccc4n3c2=O)c2ccccc21)Nc1cccc(Cl)c1. The second-order valence-electron chi connectivity index (χ2n) is 7.80. The molecule has 1 aliphatic heterocycles. The van der Waals surface area contributed by atoms with Gasteiger partial charge in [-0.05, 0) is 36.4 Å². The summed E-state index contributed by atoms with van der Waals surface area (Å²) in [5.41, 5.74) is 3.15. The number of amides is 2. The largest absolute Gasteiger partial charge is 0.324 e. The molecule has 9 heteroatoms. The molecule has 0 radical (unpaired) electrons. The summed E-state index contributed by atoms with van der Waals surface area (Å²) in [5, 5.41) is 3.26. The number of halogens is 1. The van der Waals surface area contributed by atoms with E-state index in [4.69, 9.17) is 11.6 Å². The molecule has 3 aromatic carbocycles. The van der Waals surface area contributed by atoms with Crippen LogP contribution in [0.3, 0.4) is 0 Å². The van der Waals surface area contributed by atoms with Crippen molar-refractivity contribution >= 4 is 67.7 Å². The van der Waals surface area contributed by atoms with Gasteiger partial charge in [0.15, 0.2) is 4.96 Å². The fraction of sp³-hybridized carbons (Fsp3) is 0.0400. The third-order valence-electron chi connectivity index (χ3n) is 5.68. The molecule has 0 fully saturated rings. The van der Waals surface area contributed by atoms with Crippen molar-refractivity contribution in [2.75, 3.05) is 16.8 Å². The van der Waals surface area contributed by atoms with Crippen LogP contribution in [-0.2, 0) is 9.59 Å². The third-order valence-corrected chi connectivity index (χ3v) is 6.96. The van der Waals surface area contributed by atoms with Crippen LogP contribution in [0.1, 0.15) is 5.56 Å². The summed E-state index contributed by atoms with van der Waals surface area (Å²) in [5.74, 6) is -0.769. The zero-order valence-corrected chi connectivity index (χ0v) is 19.1. The highest BCUT2D eigenvalue weighted by Crippen LogP contribution is 2.35. The van der Waals surface area contributed by atoms with Crippen LogP contribution < -0.4 is 20.3 Å². The molecule has 166 valence electrons. The van der Waals surface area contributed by atoms with Gasteiger partial charge < -0.3 is 5.32 Å². The van der Waals surface area contributed by atoms with Crippen molar-refractivity contribution in [3.05, 3.63) is 98.3 Å². The van der Waals surface area contributed by atoms with Crippen LogP contribution in [-0.4, -0.2) is 27.7 Å². The lowest BCUT2D eigenvalue weighted by molar-refractivity contribution is -0.118. The standard InChI is InChI=1S/C25H15ClN4O3S/c26-14-6-5-7-15(12-14)27-20(31)13-29-18-10-3-1-8-16(18)21(23(29)32)22-24(33)30-19-11-4-2-9-17(19)28-25(30)34-22/h1-12H,13H2,(H,27,31)/b22-21+. The van der Waals surface area contributed by atoms with Crippen molar-refractivity contribution in [3.63, 3.8) is 0 Å². The Morgan fingerprint density at radius 2 is 1.79 bits per heavy atom. The van der Waals surface area contributed by atoms with Crippen molar-refractivity contribution in [2.24, 2.45) is 0 Å². The fourth-order valence-corrected chi connectivity index (χ4v) is 5.50. The van der Waals surface area contributed by atoms with E-state index in [-0.39, 0.29) is 23.6 Å². The Kier molecular flexibility index (Phi) is 4.72. The van der Waals surface area contributed by atoms with Crippen LogP contribution in [0.15, 0.2) is 77.6 Å². The van der Waals surface area contributed by atoms with E-state index in [9.17, 15) is 14.4 Å². The highest BCUT2D eigenvalue weighted by Gasteiger charge is 2.35. The second kappa shape index (κ2) is 7.79. The van der Waals surface area contributed by atoms with Gasteiger partial charge in [0.25, 0.3) is 11.5 Å². The van der Waals surface area contributed by atoms with Gasteiger partial charge in [-0.2, -0.15) is 0 Å². The third kappa shape index (κ3) is 3.19. The van der Waals surface area contributed by atoms with E-state index < -0.39 is 5.91 Å². The van der Waals surface area contributed by atoms with Crippen molar-refractivity contribution < 1.29 is 9.59 Å². The molecule has 3 heterocycles. The first-order valence-electron chi connectivity index (χ1n) is 10.4. The molecular formula is C25H15ClN4O3S. The first kappa shape index (κ1) is 20.6. The van der Waals surface area contributed by atoms with Gasteiger partial charge >= 0.3 is 0 Å². The minimum atomic E-state index is -0.395. The van der Waals surface area contributed by atoms with Gasteiger partial charge in [0.05, 0.1) is 22.3 Å². The maximum absolute atomic E-state index is 13.5. The van der Waals surface area contributed by atoms with E-state index in [2.05, 4.69) is 10.3 Å². The Balaban J connectivity index is 1.45. The number of aromatic nitrogens is 2. The minimum absolute atomic E-state index is 0.203. The predicted molar refractivity (Wildman–Crippen MR) is 133 cm³/mol. The van der Waals surface area contributed by atoms with Crippen molar-refractivity contribution in [1.82, 2.24) is 9.38 Å². The van der Waals surface area contributed by atoms with Gasteiger partial charge in [-0.25, -0.2) is 9.38 Å². The second-order valence-corrected chi connectivity index (χ2v) is 9.21. The summed E-state index contributed by atoms with van der Waals surface area (Å²) in [4.78, 5) is 46.2. The summed E-state index contributed by atoms with van der Waals surface area (Å²) < 4.78 is 1.84. The van der Waals surface area contributed by atoms with Crippen LogP contribution >= 0.6 is 22.9 Å². The van der Waals surface area contributed by atoms with Crippen LogP contribution in [0.4, 0.5) is 11.4 Å². The highest BCUT2D eigenvalue weighted by molar-refractivity contribution is 7.15. The lowest BCUT2D eigenvalue weighted by atomic mass is 10.1. The van der Waals surface area contributed by atoms with Crippen molar-refractivity contribution in [3.8, 4) is 0 Å². The molecule has 0 aliphatic carbocycles. The average Bonchev–Trinajstić information content (AvgIpc) is 3.43. The first-order chi connectivity index (χ1) is 16.5. The van der Waals surface area contributed by atoms with Crippen LogP contribution in [0.25, 0.3) is 21.6 Å². The van der Waals surface area contributed by atoms with Crippen molar-refractivity contribution in [1.29, 1.82) is 0 Å². The van der Waals surface area contributed by atoms with E-state index >= 15 is 0 Å². The predicted octanol–water partition coefficient (Wildman–Crippen LogP) is 3.47. The highest BCUT2D eigenvalue weighted by atomic mass is 35.5. The molecule has 2 aromatic heterocycles. The molecule has 6 rings (SSSR count). The van der Waals surface area contributed by atoms with Crippen LogP contribution in [0.5, 0.6) is 0 Å². The molecule has 0 spiro atoms. The molecule has 0 saturated carbocycles. The number of para-hydroxylation sites is 3. The smallest absolute Gasteiger partial charge is 0.275 e. The molecule has 2 amide bonds. The number of rotatable bonds is 3. The summed E-state index contributed by atoms with van der Waals surface area (Å²) in [6.45, 7) is -0.203. The Labute approximate surface area is 201 Å².